The van der Waals surface area contributed by atoms with Gasteiger partial charge in [0.25, 0.3) is 0 Å². The fourth-order valence-corrected chi connectivity index (χ4v) is 1.39. The molecule has 78 valence electrons. The van der Waals surface area contributed by atoms with Gasteiger partial charge >= 0.3 is 0 Å². The van der Waals surface area contributed by atoms with E-state index in [4.69, 9.17) is 11.5 Å². The maximum absolute atomic E-state index is 5.81. The summed E-state index contributed by atoms with van der Waals surface area (Å²) in [6.07, 6.45) is 3.66. The van der Waals surface area contributed by atoms with Gasteiger partial charge in [-0.2, -0.15) is 5.10 Å². The van der Waals surface area contributed by atoms with Crippen LogP contribution in [0.5, 0.6) is 0 Å². The topological polar surface area (TPSA) is 69.9 Å². The van der Waals surface area contributed by atoms with Gasteiger partial charge in [0.15, 0.2) is 0 Å². The van der Waals surface area contributed by atoms with E-state index < -0.39 is 0 Å². The highest BCUT2D eigenvalue weighted by Crippen LogP contribution is 2.11. The first-order valence-corrected chi connectivity index (χ1v) is 4.87. The molecule has 0 aliphatic carbocycles. The minimum absolute atomic E-state index is 0.137. The normalized spacial score (nSPS) is 12.7. The number of hydrogen-bond acceptors (Lipinski definition) is 3. The summed E-state index contributed by atoms with van der Waals surface area (Å²) in [5.41, 5.74) is 13.3. The van der Waals surface area contributed by atoms with Crippen molar-refractivity contribution in [1.29, 1.82) is 0 Å². The molecule has 2 rings (SSSR count). The summed E-state index contributed by atoms with van der Waals surface area (Å²) in [5, 5.41) is 4.24. The van der Waals surface area contributed by atoms with E-state index in [1.165, 1.54) is 0 Å². The molecule has 0 aliphatic rings. The van der Waals surface area contributed by atoms with Crippen LogP contribution in [-0.4, -0.2) is 16.3 Å². The van der Waals surface area contributed by atoms with E-state index in [0.717, 1.165) is 11.3 Å². The second-order valence-electron chi connectivity index (χ2n) is 3.40. The molecule has 1 aromatic carbocycles. The van der Waals surface area contributed by atoms with Crippen LogP contribution < -0.4 is 11.5 Å². The Labute approximate surface area is 88.5 Å². The van der Waals surface area contributed by atoms with Crippen molar-refractivity contribution >= 4 is 0 Å². The number of nitrogens with zero attached hydrogens (tertiary/aromatic N) is 2. The lowest BCUT2D eigenvalue weighted by molar-refractivity contribution is 0.736. The standard InChI is InChI=1S/C11H14N4/c12-6-11(13)9-7-14-15(8-9)10-4-2-1-3-5-10/h1-5,7-8,11H,6,12-13H2. The van der Waals surface area contributed by atoms with Gasteiger partial charge in [-0.15, -0.1) is 0 Å². The Kier molecular flexibility index (Phi) is 2.80. The zero-order valence-electron chi connectivity index (χ0n) is 8.38. The third-order valence-electron chi connectivity index (χ3n) is 2.31. The van der Waals surface area contributed by atoms with E-state index in [1.807, 2.05) is 36.5 Å². The minimum atomic E-state index is -0.137. The molecule has 4 N–H and O–H groups in total. The van der Waals surface area contributed by atoms with Gasteiger partial charge in [0.05, 0.1) is 11.9 Å². The van der Waals surface area contributed by atoms with Crippen LogP contribution in [0.1, 0.15) is 11.6 Å². The fourth-order valence-electron chi connectivity index (χ4n) is 1.39. The van der Waals surface area contributed by atoms with E-state index >= 15 is 0 Å². The molecule has 1 atom stereocenters. The Hall–Kier alpha value is -1.65. The Morgan fingerprint density at radius 2 is 2.00 bits per heavy atom. The first-order valence-electron chi connectivity index (χ1n) is 4.87. The Morgan fingerprint density at radius 1 is 1.27 bits per heavy atom. The Bertz CT molecular complexity index is 421. The van der Waals surface area contributed by atoms with Gasteiger partial charge in [-0.3, -0.25) is 0 Å². The lowest BCUT2D eigenvalue weighted by atomic mass is 10.2. The van der Waals surface area contributed by atoms with Crippen molar-refractivity contribution in [3.8, 4) is 5.69 Å². The molecule has 1 aromatic heterocycles. The number of nitrogens with two attached hydrogens (primary N) is 2. The van der Waals surface area contributed by atoms with Crippen LogP contribution in [0.2, 0.25) is 0 Å². The zero-order chi connectivity index (χ0) is 10.7. The fraction of sp³-hybridized carbons (Fsp3) is 0.182. The lowest BCUT2D eigenvalue weighted by Gasteiger charge is -2.04. The summed E-state index contributed by atoms with van der Waals surface area (Å²) in [6.45, 7) is 0.431. The largest absolute Gasteiger partial charge is 0.329 e. The van der Waals surface area contributed by atoms with Crippen molar-refractivity contribution in [1.82, 2.24) is 9.78 Å². The van der Waals surface area contributed by atoms with Crippen LogP contribution >= 0.6 is 0 Å². The second kappa shape index (κ2) is 4.25. The van der Waals surface area contributed by atoms with Gasteiger partial charge in [-0.25, -0.2) is 4.68 Å². The average Bonchev–Trinajstić information content (AvgIpc) is 2.78. The Morgan fingerprint density at radius 3 is 2.67 bits per heavy atom. The van der Waals surface area contributed by atoms with E-state index in [-0.39, 0.29) is 6.04 Å². The molecule has 4 nitrogen and oxygen atoms in total. The molecular weight excluding hydrogens is 188 g/mol. The van der Waals surface area contributed by atoms with Gasteiger partial charge in [-0.1, -0.05) is 18.2 Å². The highest BCUT2D eigenvalue weighted by Gasteiger charge is 2.06. The van der Waals surface area contributed by atoms with Crippen molar-refractivity contribution in [2.45, 2.75) is 6.04 Å². The van der Waals surface area contributed by atoms with Crippen LogP contribution in [0.15, 0.2) is 42.7 Å². The number of rotatable bonds is 3. The van der Waals surface area contributed by atoms with Gasteiger partial charge < -0.3 is 11.5 Å². The minimum Gasteiger partial charge on any atom is -0.329 e. The second-order valence-corrected chi connectivity index (χ2v) is 3.40. The quantitative estimate of drug-likeness (QED) is 0.774. The first-order chi connectivity index (χ1) is 7.31. The summed E-state index contributed by atoms with van der Waals surface area (Å²) >= 11 is 0. The van der Waals surface area contributed by atoms with Crippen molar-refractivity contribution in [3.05, 3.63) is 48.3 Å². The highest BCUT2D eigenvalue weighted by molar-refractivity contribution is 5.31. The Balaban J connectivity index is 2.28. The van der Waals surface area contributed by atoms with Gasteiger partial charge in [0.2, 0.25) is 0 Å². The van der Waals surface area contributed by atoms with E-state index in [9.17, 15) is 0 Å². The van der Waals surface area contributed by atoms with Gasteiger partial charge in [-0.05, 0) is 12.1 Å². The summed E-state index contributed by atoms with van der Waals surface area (Å²) < 4.78 is 1.80. The summed E-state index contributed by atoms with van der Waals surface area (Å²) in [4.78, 5) is 0. The molecule has 0 radical (unpaired) electrons. The SMILES string of the molecule is NCC(N)c1cnn(-c2ccccc2)c1. The monoisotopic (exact) mass is 202 g/mol. The predicted molar refractivity (Wildman–Crippen MR) is 59.5 cm³/mol. The van der Waals surface area contributed by atoms with Crippen LogP contribution in [0.25, 0.3) is 5.69 Å². The zero-order valence-corrected chi connectivity index (χ0v) is 8.38. The summed E-state index contributed by atoms with van der Waals surface area (Å²) in [7, 11) is 0. The summed E-state index contributed by atoms with van der Waals surface area (Å²) in [6, 6.07) is 9.76. The van der Waals surface area contributed by atoms with E-state index in [2.05, 4.69) is 5.10 Å². The van der Waals surface area contributed by atoms with Crippen molar-refractivity contribution < 1.29 is 0 Å². The third-order valence-corrected chi connectivity index (χ3v) is 2.31. The number of hydrogen-bond donors (Lipinski definition) is 2. The number of aromatic nitrogens is 2. The van der Waals surface area contributed by atoms with Crippen LogP contribution in [0.3, 0.4) is 0 Å². The molecule has 0 fully saturated rings. The molecular formula is C11H14N4. The van der Waals surface area contributed by atoms with Crippen LogP contribution in [0.4, 0.5) is 0 Å². The van der Waals surface area contributed by atoms with Gasteiger partial charge in [0, 0.05) is 24.3 Å². The molecule has 0 spiro atoms. The van der Waals surface area contributed by atoms with Gasteiger partial charge in [0.1, 0.15) is 0 Å². The van der Waals surface area contributed by atoms with E-state index in [0.29, 0.717) is 6.54 Å². The molecule has 0 saturated carbocycles. The predicted octanol–water partition coefficient (Wildman–Crippen LogP) is 0.831. The molecule has 0 amide bonds. The van der Waals surface area contributed by atoms with Crippen LogP contribution in [-0.2, 0) is 0 Å². The molecule has 2 aromatic rings. The number of benzene rings is 1. The summed E-state index contributed by atoms with van der Waals surface area (Å²) in [5.74, 6) is 0. The lowest BCUT2D eigenvalue weighted by Crippen LogP contribution is -2.20. The van der Waals surface area contributed by atoms with Crippen molar-refractivity contribution in [2.24, 2.45) is 11.5 Å². The maximum Gasteiger partial charge on any atom is 0.0645 e. The third kappa shape index (κ3) is 2.06. The smallest absolute Gasteiger partial charge is 0.0645 e. The van der Waals surface area contributed by atoms with Crippen molar-refractivity contribution in [2.75, 3.05) is 6.54 Å². The maximum atomic E-state index is 5.81. The molecule has 1 unspecified atom stereocenters. The van der Waals surface area contributed by atoms with Crippen LogP contribution in [0, 0.1) is 0 Å². The highest BCUT2D eigenvalue weighted by atomic mass is 15.3. The van der Waals surface area contributed by atoms with Crippen molar-refractivity contribution in [3.63, 3.8) is 0 Å². The molecule has 0 aliphatic heterocycles. The molecule has 15 heavy (non-hydrogen) atoms. The first kappa shape index (κ1) is 9.89. The molecule has 4 heteroatoms. The molecule has 0 saturated heterocycles. The average molecular weight is 202 g/mol. The van der Waals surface area contributed by atoms with E-state index in [1.54, 1.807) is 10.9 Å². The molecule has 1 heterocycles. The number of para-hydroxylation sites is 1. The molecule has 0 bridgehead atoms.